The lowest BCUT2D eigenvalue weighted by molar-refractivity contribution is -0.131. The van der Waals surface area contributed by atoms with Crippen LogP contribution in [0.4, 0.5) is 4.79 Å². The minimum Gasteiger partial charge on any atom is -0.447 e. The van der Waals surface area contributed by atoms with E-state index in [1.54, 1.807) is 7.05 Å². The fourth-order valence-electron chi connectivity index (χ4n) is 2.93. The summed E-state index contributed by atoms with van der Waals surface area (Å²) in [5, 5.41) is 3.92. The van der Waals surface area contributed by atoms with Crippen molar-refractivity contribution < 1.29 is 18.8 Å². The number of nitrogens with zero attached hydrogens (tertiary/aromatic N) is 4. The Labute approximate surface area is 158 Å². The maximum absolute atomic E-state index is 12.6. The maximum atomic E-state index is 12.6. The Hall–Kier alpha value is -2.90. The molecule has 1 saturated heterocycles. The molecule has 27 heavy (non-hydrogen) atoms. The van der Waals surface area contributed by atoms with Crippen LogP contribution in [0.25, 0.3) is 0 Å². The van der Waals surface area contributed by atoms with Crippen LogP contribution in [0.1, 0.15) is 37.2 Å². The van der Waals surface area contributed by atoms with Crippen LogP contribution in [0.3, 0.4) is 0 Å². The molecule has 0 aliphatic carbocycles. The smallest absolute Gasteiger partial charge is 0.410 e. The van der Waals surface area contributed by atoms with E-state index in [0.29, 0.717) is 24.1 Å². The van der Waals surface area contributed by atoms with Crippen molar-refractivity contribution in [1.82, 2.24) is 19.9 Å². The van der Waals surface area contributed by atoms with Gasteiger partial charge in [0.25, 0.3) is 0 Å². The Morgan fingerprint density at radius 2 is 2.07 bits per heavy atom. The van der Waals surface area contributed by atoms with Crippen molar-refractivity contribution in [1.29, 1.82) is 0 Å². The molecule has 0 saturated carbocycles. The summed E-state index contributed by atoms with van der Waals surface area (Å²) in [7, 11) is 1.65. The quantitative estimate of drug-likeness (QED) is 0.742. The molecule has 3 rings (SSSR count). The van der Waals surface area contributed by atoms with E-state index in [1.807, 2.05) is 30.3 Å². The number of aromatic nitrogens is 2. The molecule has 0 unspecified atom stereocenters. The average molecular weight is 372 g/mol. The lowest BCUT2D eigenvalue weighted by Crippen LogP contribution is -2.39. The van der Waals surface area contributed by atoms with Crippen molar-refractivity contribution in [2.45, 2.75) is 32.9 Å². The van der Waals surface area contributed by atoms with Crippen LogP contribution in [-0.2, 0) is 22.5 Å². The molecule has 8 heteroatoms. The van der Waals surface area contributed by atoms with Gasteiger partial charge in [0.05, 0.1) is 12.6 Å². The molecule has 0 spiro atoms. The SMILES string of the molecule is CC(C)Cc1nc(CN(C)C(=O)CN2C(=O)OC[C@@H]2c2ccccc2)no1. The Morgan fingerprint density at radius 3 is 2.78 bits per heavy atom. The zero-order chi connectivity index (χ0) is 19.4. The van der Waals surface area contributed by atoms with Crippen molar-refractivity contribution in [2.75, 3.05) is 20.2 Å². The Bertz CT molecular complexity index is 790. The third-order valence-corrected chi connectivity index (χ3v) is 4.36. The highest BCUT2D eigenvalue weighted by molar-refractivity contribution is 5.83. The third-order valence-electron chi connectivity index (χ3n) is 4.36. The molecule has 2 heterocycles. The van der Waals surface area contributed by atoms with Gasteiger partial charge in [-0.25, -0.2) is 4.79 Å². The second-order valence-electron chi connectivity index (χ2n) is 7.08. The van der Waals surface area contributed by atoms with Crippen molar-refractivity contribution >= 4 is 12.0 Å². The third kappa shape index (κ3) is 4.64. The van der Waals surface area contributed by atoms with E-state index in [9.17, 15) is 9.59 Å². The van der Waals surface area contributed by atoms with Crippen molar-refractivity contribution in [3.05, 3.63) is 47.6 Å². The molecular weight excluding hydrogens is 348 g/mol. The van der Waals surface area contributed by atoms with Gasteiger partial charge in [0.1, 0.15) is 13.2 Å². The van der Waals surface area contributed by atoms with Gasteiger partial charge in [-0.3, -0.25) is 9.69 Å². The van der Waals surface area contributed by atoms with Gasteiger partial charge < -0.3 is 14.2 Å². The molecular formula is C19H24N4O4. The van der Waals surface area contributed by atoms with Gasteiger partial charge in [-0.05, 0) is 11.5 Å². The van der Waals surface area contributed by atoms with E-state index >= 15 is 0 Å². The predicted octanol–water partition coefficient (Wildman–Crippen LogP) is 2.42. The molecule has 1 aromatic heterocycles. The summed E-state index contributed by atoms with van der Waals surface area (Å²) in [6.07, 6.45) is 0.215. The lowest BCUT2D eigenvalue weighted by atomic mass is 10.1. The molecule has 1 atom stereocenters. The zero-order valence-corrected chi connectivity index (χ0v) is 15.8. The minimum atomic E-state index is -0.482. The molecule has 8 nitrogen and oxygen atoms in total. The fourth-order valence-corrected chi connectivity index (χ4v) is 2.93. The molecule has 0 N–H and O–H groups in total. The molecule has 0 radical (unpaired) electrons. The van der Waals surface area contributed by atoms with Gasteiger partial charge in [0.2, 0.25) is 11.8 Å². The summed E-state index contributed by atoms with van der Waals surface area (Å²) in [5.74, 6) is 1.21. The lowest BCUT2D eigenvalue weighted by Gasteiger charge is -2.24. The van der Waals surface area contributed by atoms with Crippen LogP contribution in [-0.4, -0.2) is 52.1 Å². The molecule has 2 aromatic rings. The molecule has 1 fully saturated rings. The van der Waals surface area contributed by atoms with Crippen LogP contribution in [0.2, 0.25) is 0 Å². The second-order valence-corrected chi connectivity index (χ2v) is 7.08. The van der Waals surface area contributed by atoms with Crippen LogP contribution >= 0.6 is 0 Å². The molecule has 144 valence electrons. The highest BCUT2D eigenvalue weighted by Gasteiger charge is 2.36. The van der Waals surface area contributed by atoms with E-state index in [2.05, 4.69) is 24.0 Å². The van der Waals surface area contributed by atoms with Gasteiger partial charge in [-0.15, -0.1) is 0 Å². The van der Waals surface area contributed by atoms with Gasteiger partial charge in [0, 0.05) is 13.5 Å². The number of carbonyl (C=O) groups excluding carboxylic acids is 2. The first-order chi connectivity index (χ1) is 12.9. The van der Waals surface area contributed by atoms with Gasteiger partial charge in [0.15, 0.2) is 5.82 Å². The van der Waals surface area contributed by atoms with Gasteiger partial charge in [-0.1, -0.05) is 49.3 Å². The average Bonchev–Trinajstić information content (AvgIpc) is 3.22. The zero-order valence-electron chi connectivity index (χ0n) is 15.8. The molecule has 0 bridgehead atoms. The van der Waals surface area contributed by atoms with Crippen molar-refractivity contribution in [3.63, 3.8) is 0 Å². The number of hydrogen-bond donors (Lipinski definition) is 0. The van der Waals surface area contributed by atoms with Crippen molar-refractivity contribution in [3.8, 4) is 0 Å². The van der Waals surface area contributed by atoms with Gasteiger partial charge in [-0.2, -0.15) is 4.98 Å². The normalized spacial score (nSPS) is 16.7. The van der Waals surface area contributed by atoms with E-state index in [4.69, 9.17) is 9.26 Å². The van der Waals surface area contributed by atoms with E-state index in [-0.39, 0.29) is 31.6 Å². The standard InChI is InChI=1S/C19H24N4O4/c1-13(2)9-17-20-16(21-27-17)10-22(3)18(24)11-23-15(12-26-19(23)25)14-7-5-4-6-8-14/h4-8,13,15H,9-12H2,1-3H3/t15-/m1/s1. The Kier molecular flexibility index (Phi) is 5.73. The number of likely N-dealkylation sites (N-methyl/N-ethyl adjacent to an activating group) is 1. The highest BCUT2D eigenvalue weighted by atomic mass is 16.6. The number of amides is 2. The first kappa shape index (κ1) is 18.9. The monoisotopic (exact) mass is 372 g/mol. The van der Waals surface area contributed by atoms with E-state index in [0.717, 1.165) is 5.56 Å². The van der Waals surface area contributed by atoms with Crippen LogP contribution in [0, 0.1) is 5.92 Å². The molecule has 1 aromatic carbocycles. The van der Waals surface area contributed by atoms with Crippen LogP contribution in [0.5, 0.6) is 0 Å². The fraction of sp³-hybridized carbons (Fsp3) is 0.474. The Balaban J connectivity index is 1.61. The maximum Gasteiger partial charge on any atom is 0.410 e. The van der Waals surface area contributed by atoms with E-state index in [1.165, 1.54) is 9.80 Å². The predicted molar refractivity (Wildman–Crippen MR) is 96.6 cm³/mol. The van der Waals surface area contributed by atoms with Gasteiger partial charge >= 0.3 is 6.09 Å². The second kappa shape index (κ2) is 8.20. The highest BCUT2D eigenvalue weighted by Crippen LogP contribution is 2.27. The summed E-state index contributed by atoms with van der Waals surface area (Å²) in [4.78, 5) is 31.9. The topological polar surface area (TPSA) is 88.8 Å². The molecule has 1 aliphatic rings. The first-order valence-electron chi connectivity index (χ1n) is 8.97. The summed E-state index contributed by atoms with van der Waals surface area (Å²) in [6, 6.07) is 9.28. The van der Waals surface area contributed by atoms with E-state index < -0.39 is 6.09 Å². The number of hydrogen-bond acceptors (Lipinski definition) is 6. The summed E-state index contributed by atoms with van der Waals surface area (Å²) < 4.78 is 10.3. The first-order valence-corrected chi connectivity index (χ1v) is 8.97. The minimum absolute atomic E-state index is 0.0639. The number of benzene rings is 1. The van der Waals surface area contributed by atoms with Crippen LogP contribution in [0.15, 0.2) is 34.9 Å². The summed E-state index contributed by atoms with van der Waals surface area (Å²) in [5.41, 5.74) is 0.940. The number of carbonyl (C=O) groups is 2. The Morgan fingerprint density at radius 1 is 1.33 bits per heavy atom. The van der Waals surface area contributed by atoms with Crippen LogP contribution < -0.4 is 0 Å². The summed E-state index contributed by atoms with van der Waals surface area (Å²) in [6.45, 7) is 4.53. The van der Waals surface area contributed by atoms with Crippen molar-refractivity contribution in [2.24, 2.45) is 5.92 Å². The number of rotatable bonds is 7. The largest absolute Gasteiger partial charge is 0.447 e. The molecule has 1 aliphatic heterocycles. The number of ether oxygens (including phenoxy) is 1. The number of cyclic esters (lactones) is 1. The summed E-state index contributed by atoms with van der Waals surface area (Å²) >= 11 is 0. The molecule has 2 amide bonds.